The zero-order chi connectivity index (χ0) is 30.2. The van der Waals surface area contributed by atoms with E-state index in [0.717, 1.165) is 0 Å². The van der Waals surface area contributed by atoms with Gasteiger partial charge in [0.1, 0.15) is 6.10 Å². The van der Waals surface area contributed by atoms with Gasteiger partial charge in [-0.05, 0) is 36.4 Å². The summed E-state index contributed by atoms with van der Waals surface area (Å²) in [6.07, 6.45) is -9.81. The van der Waals surface area contributed by atoms with E-state index in [9.17, 15) is 19.5 Å². The van der Waals surface area contributed by atoms with Crippen LogP contribution in [0.4, 0.5) is 31.4 Å². The predicted octanol–water partition coefficient (Wildman–Crippen LogP) is 3.93. The van der Waals surface area contributed by atoms with Crippen molar-refractivity contribution >= 4 is 35.3 Å². The van der Waals surface area contributed by atoms with Crippen LogP contribution >= 0.6 is 0 Å². The number of carbonyl (C=O) groups is 3. The second kappa shape index (κ2) is 13.7. The minimum atomic E-state index is -1.50. The Morgan fingerprint density at radius 2 is 1.26 bits per heavy atom. The molecule has 14 heteroatoms. The maximum atomic E-state index is 13.0. The molecule has 0 unspecified atom stereocenters. The Balaban J connectivity index is 1.38. The molecule has 2 heterocycles. The number of amides is 3. The highest BCUT2D eigenvalue weighted by Crippen LogP contribution is 2.35. The lowest BCUT2D eigenvalue weighted by Crippen LogP contribution is -2.63. The van der Waals surface area contributed by atoms with Crippen molar-refractivity contribution in [3.8, 4) is 11.5 Å². The normalized spacial score (nSPS) is 22.1. The molecule has 0 aliphatic carbocycles. The van der Waals surface area contributed by atoms with Gasteiger partial charge < -0.3 is 38.3 Å². The first kappa shape index (κ1) is 29.4. The highest BCUT2D eigenvalue weighted by molar-refractivity contribution is 5.87. The molecule has 2 aliphatic rings. The fourth-order valence-corrected chi connectivity index (χ4v) is 4.45. The quantitative estimate of drug-likeness (QED) is 0.278. The van der Waals surface area contributed by atoms with Gasteiger partial charge in [0.05, 0.1) is 6.61 Å². The summed E-state index contributed by atoms with van der Waals surface area (Å²) in [4.78, 5) is 38.9. The second-order valence-electron chi connectivity index (χ2n) is 9.25. The lowest BCUT2D eigenvalue weighted by molar-refractivity contribution is -0.290. The van der Waals surface area contributed by atoms with Crippen molar-refractivity contribution < 1.29 is 52.6 Å². The maximum Gasteiger partial charge on any atom is 0.412 e. The average Bonchev–Trinajstić information content (AvgIpc) is 3.48. The lowest BCUT2D eigenvalue weighted by Gasteiger charge is -2.43. The number of hydrogen-bond acceptors (Lipinski definition) is 11. The molecular formula is C29H29N3O11. The maximum absolute atomic E-state index is 13.0. The molecule has 0 radical (unpaired) electrons. The van der Waals surface area contributed by atoms with Crippen LogP contribution in [0.5, 0.6) is 11.5 Å². The number of anilines is 3. The Kier molecular flexibility index (Phi) is 9.41. The largest absolute Gasteiger partial charge is 0.454 e. The Morgan fingerprint density at radius 3 is 1.84 bits per heavy atom. The molecule has 1 saturated heterocycles. The van der Waals surface area contributed by atoms with Gasteiger partial charge in [-0.15, -0.1) is 0 Å². The molecule has 4 N–H and O–H groups in total. The SMILES string of the molecule is CO[C@H]1O[C@H](CO)[C@@H](OC(=O)Nc2ccc3c(c2)OCO3)[C@H](OC(=O)Nc2ccccc2)[C@H]1OC(=O)Nc1ccccc1. The molecule has 1 fully saturated rings. The van der Waals surface area contributed by atoms with E-state index < -0.39 is 55.6 Å². The van der Waals surface area contributed by atoms with Gasteiger partial charge in [0.2, 0.25) is 6.79 Å². The fraction of sp³-hybridized carbons (Fsp3) is 0.276. The number of fused-ring (bicyclic) bond motifs is 1. The summed E-state index contributed by atoms with van der Waals surface area (Å²) in [7, 11) is 1.28. The van der Waals surface area contributed by atoms with E-state index in [0.29, 0.717) is 28.6 Å². The number of para-hydroxylation sites is 2. The molecule has 3 amide bonds. The Morgan fingerprint density at radius 1 is 0.721 bits per heavy atom. The zero-order valence-electron chi connectivity index (χ0n) is 22.8. The van der Waals surface area contributed by atoms with Crippen molar-refractivity contribution in [2.75, 3.05) is 36.5 Å². The highest BCUT2D eigenvalue weighted by atomic mass is 16.7. The number of benzene rings is 3. The minimum Gasteiger partial charge on any atom is -0.454 e. The van der Waals surface area contributed by atoms with Crippen LogP contribution in [0.25, 0.3) is 0 Å². The molecule has 43 heavy (non-hydrogen) atoms. The van der Waals surface area contributed by atoms with E-state index in [4.69, 9.17) is 33.2 Å². The van der Waals surface area contributed by atoms with E-state index in [1.165, 1.54) is 13.2 Å². The summed E-state index contributed by atoms with van der Waals surface area (Å²) in [6, 6.07) is 21.6. The van der Waals surface area contributed by atoms with Crippen molar-refractivity contribution in [1.29, 1.82) is 0 Å². The molecule has 0 saturated carbocycles. The predicted molar refractivity (Wildman–Crippen MR) is 150 cm³/mol. The smallest absolute Gasteiger partial charge is 0.412 e. The number of aliphatic hydroxyl groups is 1. The average molecular weight is 596 g/mol. The molecule has 0 spiro atoms. The summed E-state index contributed by atoms with van der Waals surface area (Å²) in [5.41, 5.74) is 1.16. The third-order valence-corrected chi connectivity index (χ3v) is 6.39. The van der Waals surface area contributed by atoms with Crippen LogP contribution in [-0.2, 0) is 23.7 Å². The van der Waals surface area contributed by atoms with E-state index >= 15 is 0 Å². The summed E-state index contributed by atoms with van der Waals surface area (Å²) in [5.74, 6) is 0.934. The molecule has 0 bridgehead atoms. The first-order valence-electron chi connectivity index (χ1n) is 13.2. The van der Waals surface area contributed by atoms with Crippen LogP contribution in [0, 0.1) is 0 Å². The third kappa shape index (κ3) is 7.43. The van der Waals surface area contributed by atoms with Gasteiger partial charge in [-0.2, -0.15) is 0 Å². The summed E-state index contributed by atoms with van der Waals surface area (Å²) >= 11 is 0. The molecule has 3 aromatic rings. The van der Waals surface area contributed by atoms with Crippen molar-refractivity contribution in [3.05, 3.63) is 78.9 Å². The van der Waals surface area contributed by atoms with Crippen LogP contribution in [0.2, 0.25) is 0 Å². The van der Waals surface area contributed by atoms with Gasteiger partial charge in [-0.1, -0.05) is 36.4 Å². The van der Waals surface area contributed by atoms with E-state index in [1.807, 2.05) is 0 Å². The van der Waals surface area contributed by atoms with Gasteiger partial charge >= 0.3 is 18.3 Å². The summed E-state index contributed by atoms with van der Waals surface area (Å²) in [5, 5.41) is 17.8. The topological polar surface area (TPSA) is 172 Å². The number of ether oxygens (including phenoxy) is 7. The number of aliphatic hydroxyl groups excluding tert-OH is 1. The number of rotatable bonds is 8. The highest BCUT2D eigenvalue weighted by Gasteiger charge is 2.52. The molecule has 3 aromatic carbocycles. The van der Waals surface area contributed by atoms with E-state index in [1.54, 1.807) is 72.8 Å². The standard InChI is InChI=1S/C29H29N3O11/c1-37-26-25(43-28(35)31-18-10-6-3-7-11-18)24(42-27(34)30-17-8-4-2-5-9-17)23(22(15-33)40-26)41-29(36)32-19-12-13-20-21(14-19)39-16-38-20/h2-14,22-26,33H,15-16H2,1H3,(H,30,34)(H,31,35)(H,32,36)/t22-,23-,24+,25-,26+/m1/s1. The van der Waals surface area contributed by atoms with Crippen LogP contribution in [-0.4, -0.2) is 74.6 Å². The first-order chi connectivity index (χ1) is 20.9. The van der Waals surface area contributed by atoms with Gasteiger partial charge in [0.25, 0.3) is 0 Å². The first-order valence-corrected chi connectivity index (χ1v) is 13.2. The molecule has 14 nitrogen and oxygen atoms in total. The lowest BCUT2D eigenvalue weighted by atomic mass is 9.98. The van der Waals surface area contributed by atoms with Gasteiger partial charge in [0, 0.05) is 30.2 Å². The van der Waals surface area contributed by atoms with Crippen molar-refractivity contribution in [2.24, 2.45) is 0 Å². The third-order valence-electron chi connectivity index (χ3n) is 6.39. The summed E-state index contributed by atoms with van der Waals surface area (Å²) < 4.78 is 38.7. The molecule has 5 atom stereocenters. The van der Waals surface area contributed by atoms with Gasteiger partial charge in [-0.3, -0.25) is 16.0 Å². The number of hydrogen-bond donors (Lipinski definition) is 4. The zero-order valence-corrected chi connectivity index (χ0v) is 22.8. The second-order valence-corrected chi connectivity index (χ2v) is 9.25. The molecule has 0 aromatic heterocycles. The van der Waals surface area contributed by atoms with Crippen molar-refractivity contribution in [3.63, 3.8) is 0 Å². The van der Waals surface area contributed by atoms with E-state index in [-0.39, 0.29) is 6.79 Å². The van der Waals surface area contributed by atoms with Gasteiger partial charge in [-0.25, -0.2) is 14.4 Å². The molecule has 226 valence electrons. The van der Waals surface area contributed by atoms with Crippen LogP contribution in [0.1, 0.15) is 0 Å². The van der Waals surface area contributed by atoms with Gasteiger partial charge in [0.15, 0.2) is 36.1 Å². The molecule has 5 rings (SSSR count). The monoisotopic (exact) mass is 595 g/mol. The van der Waals surface area contributed by atoms with Crippen LogP contribution < -0.4 is 25.4 Å². The Labute approximate surface area is 245 Å². The summed E-state index contributed by atoms with van der Waals surface area (Å²) in [6.45, 7) is -0.615. The fourth-order valence-electron chi connectivity index (χ4n) is 4.45. The number of carbonyl (C=O) groups excluding carboxylic acids is 3. The number of nitrogens with one attached hydrogen (secondary N) is 3. The molecular weight excluding hydrogens is 566 g/mol. The number of methoxy groups -OCH3 is 1. The Hall–Kier alpha value is -5.05. The van der Waals surface area contributed by atoms with E-state index in [2.05, 4.69) is 16.0 Å². The van der Waals surface area contributed by atoms with Crippen LogP contribution in [0.15, 0.2) is 78.9 Å². The van der Waals surface area contributed by atoms with Crippen molar-refractivity contribution in [2.45, 2.75) is 30.7 Å². The Bertz CT molecular complexity index is 1410. The minimum absolute atomic E-state index is 0.0464. The van der Waals surface area contributed by atoms with Crippen LogP contribution in [0.3, 0.4) is 0 Å². The molecule has 2 aliphatic heterocycles. The van der Waals surface area contributed by atoms with Crippen molar-refractivity contribution in [1.82, 2.24) is 0 Å².